The summed E-state index contributed by atoms with van der Waals surface area (Å²) in [6.07, 6.45) is 1.87. The molecule has 0 bridgehead atoms. The third-order valence-corrected chi connectivity index (χ3v) is 2.14. The van der Waals surface area contributed by atoms with Crippen molar-refractivity contribution < 1.29 is 9.90 Å². The number of rotatable bonds is 1. The second-order valence-corrected chi connectivity index (χ2v) is 3.04. The molecule has 0 radical (unpaired) electrons. The largest absolute Gasteiger partial charge is 0.478 e. The van der Waals surface area contributed by atoms with Gasteiger partial charge in [0, 0.05) is 17.1 Å². The number of carboxylic acids is 1. The van der Waals surface area contributed by atoms with Crippen LogP contribution in [0, 0.1) is 6.92 Å². The number of fused-ring (bicyclic) bond motifs is 1. The van der Waals surface area contributed by atoms with E-state index in [0.29, 0.717) is 5.56 Å². The molecule has 1 aromatic carbocycles. The zero-order valence-electron chi connectivity index (χ0n) is 7.16. The Kier molecular flexibility index (Phi) is 1.59. The van der Waals surface area contributed by atoms with Gasteiger partial charge >= 0.3 is 5.97 Å². The maximum Gasteiger partial charge on any atom is 0.335 e. The number of H-pyrrole nitrogens is 1. The Balaban J connectivity index is 2.72. The van der Waals surface area contributed by atoms with Crippen LogP contribution in [0.5, 0.6) is 0 Å². The Bertz CT molecular complexity index is 471. The first-order valence-corrected chi connectivity index (χ1v) is 3.99. The van der Waals surface area contributed by atoms with Gasteiger partial charge in [0.1, 0.15) is 0 Å². The van der Waals surface area contributed by atoms with Crippen molar-refractivity contribution in [1.29, 1.82) is 0 Å². The maximum absolute atomic E-state index is 10.7. The van der Waals surface area contributed by atoms with E-state index in [2.05, 4.69) is 4.98 Å². The van der Waals surface area contributed by atoms with Crippen LogP contribution in [0.2, 0.25) is 0 Å². The van der Waals surface area contributed by atoms with E-state index >= 15 is 0 Å². The Hall–Kier alpha value is -1.77. The van der Waals surface area contributed by atoms with Crippen molar-refractivity contribution in [3.8, 4) is 0 Å². The molecule has 1 heterocycles. The average molecular weight is 175 g/mol. The molecule has 2 N–H and O–H groups in total. The summed E-state index contributed by atoms with van der Waals surface area (Å²) in [6.45, 7) is 1.95. The molecule has 0 atom stereocenters. The van der Waals surface area contributed by atoms with Crippen LogP contribution < -0.4 is 0 Å². The molecule has 0 saturated heterocycles. The van der Waals surface area contributed by atoms with Crippen molar-refractivity contribution in [3.63, 3.8) is 0 Å². The summed E-state index contributed by atoms with van der Waals surface area (Å²) in [6, 6.07) is 5.07. The van der Waals surface area contributed by atoms with Gasteiger partial charge in [-0.3, -0.25) is 0 Å². The summed E-state index contributed by atoms with van der Waals surface area (Å²) in [5.74, 6) is -0.887. The van der Waals surface area contributed by atoms with Gasteiger partial charge in [0.25, 0.3) is 0 Å². The molecule has 66 valence electrons. The number of carbonyl (C=O) groups is 1. The smallest absolute Gasteiger partial charge is 0.335 e. The standard InChI is InChI=1S/C10H9NO2/c1-6-5-11-9-3-2-7(10(12)13)4-8(6)9/h2-5,11H,1H3,(H,12,13). The summed E-state index contributed by atoms with van der Waals surface area (Å²) in [5, 5.41) is 9.73. The van der Waals surface area contributed by atoms with Gasteiger partial charge in [-0.05, 0) is 30.7 Å². The fraction of sp³-hybridized carbons (Fsp3) is 0.100. The summed E-state index contributed by atoms with van der Waals surface area (Å²) in [4.78, 5) is 13.7. The lowest BCUT2D eigenvalue weighted by Crippen LogP contribution is -1.94. The predicted molar refractivity (Wildman–Crippen MR) is 50.0 cm³/mol. The first-order chi connectivity index (χ1) is 6.18. The van der Waals surface area contributed by atoms with Crippen LogP contribution in [0.1, 0.15) is 15.9 Å². The van der Waals surface area contributed by atoms with Crippen molar-refractivity contribution in [2.45, 2.75) is 6.92 Å². The third-order valence-electron chi connectivity index (χ3n) is 2.14. The Morgan fingerprint density at radius 2 is 2.23 bits per heavy atom. The molecular formula is C10H9NO2. The molecule has 0 fully saturated rings. The number of aromatic amines is 1. The first-order valence-electron chi connectivity index (χ1n) is 3.99. The fourth-order valence-corrected chi connectivity index (χ4v) is 1.39. The quantitative estimate of drug-likeness (QED) is 0.697. The zero-order chi connectivity index (χ0) is 9.42. The molecule has 1 aromatic heterocycles. The molecule has 0 aliphatic rings. The fourth-order valence-electron chi connectivity index (χ4n) is 1.39. The van der Waals surface area contributed by atoms with Gasteiger partial charge in [-0.1, -0.05) is 0 Å². The van der Waals surface area contributed by atoms with E-state index in [1.165, 1.54) is 0 Å². The lowest BCUT2D eigenvalue weighted by Gasteiger charge is -1.95. The molecule has 0 amide bonds. The van der Waals surface area contributed by atoms with Gasteiger partial charge in [0.2, 0.25) is 0 Å². The minimum atomic E-state index is -0.887. The van der Waals surface area contributed by atoms with Gasteiger partial charge in [0.05, 0.1) is 5.56 Å². The van der Waals surface area contributed by atoms with Crippen molar-refractivity contribution in [1.82, 2.24) is 4.98 Å². The van der Waals surface area contributed by atoms with Gasteiger partial charge in [-0.2, -0.15) is 0 Å². The molecule has 0 saturated carbocycles. The summed E-state index contributed by atoms with van der Waals surface area (Å²) >= 11 is 0. The lowest BCUT2D eigenvalue weighted by molar-refractivity contribution is 0.0697. The van der Waals surface area contributed by atoms with Crippen LogP contribution in [0.15, 0.2) is 24.4 Å². The highest BCUT2D eigenvalue weighted by Crippen LogP contribution is 2.18. The molecular weight excluding hydrogens is 166 g/mol. The first kappa shape index (κ1) is 7.86. The molecule has 0 spiro atoms. The highest BCUT2D eigenvalue weighted by Gasteiger charge is 2.05. The van der Waals surface area contributed by atoms with E-state index in [1.54, 1.807) is 18.2 Å². The number of aryl methyl sites for hydroxylation is 1. The van der Waals surface area contributed by atoms with Crippen molar-refractivity contribution >= 4 is 16.9 Å². The lowest BCUT2D eigenvalue weighted by atomic mass is 10.1. The van der Waals surface area contributed by atoms with Crippen LogP contribution in [-0.2, 0) is 0 Å². The number of benzene rings is 1. The van der Waals surface area contributed by atoms with Gasteiger partial charge in [-0.15, -0.1) is 0 Å². The van der Waals surface area contributed by atoms with Gasteiger partial charge in [0.15, 0.2) is 0 Å². The SMILES string of the molecule is Cc1c[nH]c2ccc(C(=O)O)cc12. The number of aromatic nitrogens is 1. The monoisotopic (exact) mass is 175 g/mol. The number of carboxylic acid groups (broad SMARTS) is 1. The molecule has 0 unspecified atom stereocenters. The predicted octanol–water partition coefficient (Wildman–Crippen LogP) is 2.17. The zero-order valence-corrected chi connectivity index (χ0v) is 7.16. The molecule has 2 rings (SSSR count). The van der Waals surface area contributed by atoms with Gasteiger partial charge in [-0.25, -0.2) is 4.79 Å². The molecule has 2 aromatic rings. The highest BCUT2D eigenvalue weighted by molar-refractivity contribution is 5.94. The second kappa shape index (κ2) is 2.62. The Labute approximate surface area is 75.0 Å². The average Bonchev–Trinajstić information content (AvgIpc) is 2.47. The Morgan fingerprint density at radius 1 is 1.46 bits per heavy atom. The van der Waals surface area contributed by atoms with E-state index in [4.69, 9.17) is 5.11 Å². The van der Waals surface area contributed by atoms with E-state index < -0.39 is 5.97 Å². The summed E-state index contributed by atoms with van der Waals surface area (Å²) in [7, 11) is 0. The minimum Gasteiger partial charge on any atom is -0.478 e. The molecule has 3 heteroatoms. The van der Waals surface area contributed by atoms with Crippen molar-refractivity contribution in [2.75, 3.05) is 0 Å². The second-order valence-electron chi connectivity index (χ2n) is 3.04. The van der Waals surface area contributed by atoms with Crippen LogP contribution in [0.4, 0.5) is 0 Å². The summed E-state index contributed by atoms with van der Waals surface area (Å²) in [5.41, 5.74) is 2.37. The van der Waals surface area contributed by atoms with Gasteiger partial charge < -0.3 is 10.1 Å². The third kappa shape index (κ3) is 1.18. The molecule has 3 nitrogen and oxygen atoms in total. The number of hydrogen-bond donors (Lipinski definition) is 2. The number of hydrogen-bond acceptors (Lipinski definition) is 1. The van der Waals surface area contributed by atoms with E-state index in [-0.39, 0.29) is 0 Å². The molecule has 0 aliphatic carbocycles. The summed E-state index contributed by atoms with van der Waals surface area (Å²) < 4.78 is 0. The number of nitrogens with one attached hydrogen (secondary N) is 1. The molecule has 0 aliphatic heterocycles. The van der Waals surface area contributed by atoms with Crippen molar-refractivity contribution in [3.05, 3.63) is 35.5 Å². The van der Waals surface area contributed by atoms with E-state index in [0.717, 1.165) is 16.5 Å². The normalized spacial score (nSPS) is 10.5. The van der Waals surface area contributed by atoms with Crippen molar-refractivity contribution in [2.24, 2.45) is 0 Å². The van der Waals surface area contributed by atoms with Crippen LogP contribution >= 0.6 is 0 Å². The van der Waals surface area contributed by atoms with Crippen LogP contribution in [0.25, 0.3) is 10.9 Å². The van der Waals surface area contributed by atoms with Crippen LogP contribution in [-0.4, -0.2) is 16.1 Å². The molecule has 13 heavy (non-hydrogen) atoms. The number of aromatic carboxylic acids is 1. The van der Waals surface area contributed by atoms with E-state index in [1.807, 2.05) is 13.1 Å². The Morgan fingerprint density at radius 3 is 2.92 bits per heavy atom. The van der Waals surface area contributed by atoms with Crippen LogP contribution in [0.3, 0.4) is 0 Å². The minimum absolute atomic E-state index is 0.329. The van der Waals surface area contributed by atoms with E-state index in [9.17, 15) is 4.79 Å². The topological polar surface area (TPSA) is 53.1 Å². The maximum atomic E-state index is 10.7. The highest BCUT2D eigenvalue weighted by atomic mass is 16.4.